The quantitative estimate of drug-likeness (QED) is 0.423. The maximum Gasteiger partial charge on any atom is 0.0316 e. The Hall–Kier alpha value is -3.52. The smallest absolute Gasteiger partial charge is 0.0316 e. The van der Waals surface area contributed by atoms with Crippen molar-refractivity contribution >= 4 is 11.4 Å². The average Bonchev–Trinajstić information content (AvgIpc) is 2.68. The first kappa shape index (κ1) is 20.8. The molecule has 2 aromatic rings. The Balaban J connectivity index is 2.11. The van der Waals surface area contributed by atoms with Gasteiger partial charge in [0.25, 0.3) is 0 Å². The van der Waals surface area contributed by atoms with Crippen molar-refractivity contribution < 1.29 is 0 Å². The Morgan fingerprint density at radius 1 is 0.714 bits per heavy atom. The lowest BCUT2D eigenvalue weighted by Gasteiger charge is -2.08. The van der Waals surface area contributed by atoms with Crippen LogP contribution >= 0.6 is 0 Å². The van der Waals surface area contributed by atoms with Crippen molar-refractivity contribution in [2.45, 2.75) is 12.8 Å². The van der Waals surface area contributed by atoms with Gasteiger partial charge in [-0.3, -0.25) is 0 Å². The molecule has 0 unspecified atom stereocenters. The van der Waals surface area contributed by atoms with Gasteiger partial charge < -0.3 is 11.5 Å². The van der Waals surface area contributed by atoms with Gasteiger partial charge in [0, 0.05) is 11.4 Å². The Bertz CT molecular complexity index is 941. The van der Waals surface area contributed by atoms with Crippen LogP contribution in [0.25, 0.3) is 0 Å². The molecule has 0 radical (unpaired) electrons. The summed E-state index contributed by atoms with van der Waals surface area (Å²) in [6, 6.07) is 15.7. The van der Waals surface area contributed by atoms with Crippen LogP contribution in [-0.2, 0) is 12.8 Å². The molecular weight excluding hydrogens is 340 g/mol. The summed E-state index contributed by atoms with van der Waals surface area (Å²) in [5.74, 6) is 0. The van der Waals surface area contributed by atoms with Gasteiger partial charge in [0.05, 0.1) is 0 Å². The predicted molar refractivity (Wildman–Crippen MR) is 124 cm³/mol. The molecule has 0 aliphatic rings. The van der Waals surface area contributed by atoms with Crippen LogP contribution in [0.5, 0.6) is 0 Å². The fourth-order valence-corrected chi connectivity index (χ4v) is 2.81. The molecule has 2 rings (SSSR count). The highest BCUT2D eigenvalue weighted by Crippen LogP contribution is 2.20. The molecule has 0 atom stereocenters. The molecule has 4 N–H and O–H groups in total. The highest BCUT2D eigenvalue weighted by Gasteiger charge is 2.02. The van der Waals surface area contributed by atoms with Gasteiger partial charge in [0.1, 0.15) is 0 Å². The van der Waals surface area contributed by atoms with E-state index in [1.165, 1.54) is 5.56 Å². The van der Waals surface area contributed by atoms with Crippen LogP contribution in [-0.4, -0.2) is 0 Å². The molecule has 0 fully saturated rings. The van der Waals surface area contributed by atoms with Crippen LogP contribution in [0.1, 0.15) is 11.1 Å². The summed E-state index contributed by atoms with van der Waals surface area (Å²) in [7, 11) is 0. The summed E-state index contributed by atoms with van der Waals surface area (Å²) in [6.07, 6.45) is 9.22. The number of hydrogen-bond acceptors (Lipinski definition) is 2. The van der Waals surface area contributed by atoms with Gasteiger partial charge in [-0.2, -0.15) is 0 Å². The second-order valence-electron chi connectivity index (χ2n) is 6.74. The maximum absolute atomic E-state index is 5.87. The van der Waals surface area contributed by atoms with Crippen LogP contribution in [0.15, 0.2) is 121 Å². The van der Waals surface area contributed by atoms with Crippen molar-refractivity contribution in [3.05, 3.63) is 133 Å². The first-order chi connectivity index (χ1) is 13.4. The molecule has 0 saturated heterocycles. The van der Waals surface area contributed by atoms with Crippen LogP contribution in [0.4, 0.5) is 11.4 Å². The zero-order chi connectivity index (χ0) is 20.5. The van der Waals surface area contributed by atoms with Crippen LogP contribution in [0.2, 0.25) is 0 Å². The van der Waals surface area contributed by atoms with E-state index in [2.05, 4.69) is 26.3 Å². The van der Waals surface area contributed by atoms with Gasteiger partial charge in [-0.15, -0.1) is 0 Å². The van der Waals surface area contributed by atoms with Crippen molar-refractivity contribution in [2.24, 2.45) is 0 Å². The third-order valence-corrected chi connectivity index (χ3v) is 4.40. The Kier molecular flexibility index (Phi) is 7.41. The van der Waals surface area contributed by atoms with E-state index < -0.39 is 0 Å². The van der Waals surface area contributed by atoms with Gasteiger partial charge in [-0.1, -0.05) is 74.9 Å². The number of nitrogen functional groups attached to an aromatic ring is 2. The molecule has 2 heteroatoms. The van der Waals surface area contributed by atoms with Gasteiger partial charge in [0.15, 0.2) is 0 Å². The first-order valence-electron chi connectivity index (χ1n) is 9.14. The zero-order valence-electron chi connectivity index (χ0n) is 16.3. The van der Waals surface area contributed by atoms with E-state index in [1.807, 2.05) is 72.8 Å². The fourth-order valence-electron chi connectivity index (χ4n) is 2.81. The Morgan fingerprint density at radius 2 is 1.25 bits per heavy atom. The van der Waals surface area contributed by atoms with Crippen LogP contribution in [0, 0.1) is 0 Å². The van der Waals surface area contributed by atoms with E-state index in [0.29, 0.717) is 0 Å². The molecule has 142 valence electrons. The number of benzene rings is 2. The van der Waals surface area contributed by atoms with Crippen molar-refractivity contribution in [3.8, 4) is 0 Å². The highest BCUT2D eigenvalue weighted by molar-refractivity contribution is 5.50. The van der Waals surface area contributed by atoms with Gasteiger partial charge in [-0.25, -0.2) is 0 Å². The van der Waals surface area contributed by atoms with E-state index in [1.54, 1.807) is 0 Å². The largest absolute Gasteiger partial charge is 0.399 e. The minimum Gasteiger partial charge on any atom is -0.399 e. The minimum absolute atomic E-state index is 0.740. The molecule has 0 saturated carbocycles. The highest BCUT2D eigenvalue weighted by atomic mass is 14.5. The summed E-state index contributed by atoms with van der Waals surface area (Å²) in [6.45, 7) is 16.2. The third kappa shape index (κ3) is 6.33. The molecule has 0 aromatic heterocycles. The fraction of sp³-hybridized carbons (Fsp3) is 0.0769. The number of rotatable bonds is 9. The molecule has 0 spiro atoms. The lowest BCUT2D eigenvalue weighted by molar-refractivity contribution is 1.19. The van der Waals surface area contributed by atoms with E-state index in [9.17, 15) is 0 Å². The van der Waals surface area contributed by atoms with E-state index in [-0.39, 0.29) is 0 Å². The molecule has 0 aliphatic heterocycles. The molecule has 0 amide bonds. The summed E-state index contributed by atoms with van der Waals surface area (Å²) >= 11 is 0. The zero-order valence-corrected chi connectivity index (χ0v) is 16.3. The van der Waals surface area contributed by atoms with Gasteiger partial charge in [-0.05, 0) is 70.5 Å². The second-order valence-corrected chi connectivity index (χ2v) is 6.74. The Morgan fingerprint density at radius 3 is 1.75 bits per heavy atom. The monoisotopic (exact) mass is 368 g/mol. The van der Waals surface area contributed by atoms with Crippen molar-refractivity contribution in [3.63, 3.8) is 0 Å². The molecule has 0 bridgehead atoms. The first-order valence-corrected chi connectivity index (χ1v) is 9.14. The molecular formula is C26H28N2. The molecule has 2 nitrogen and oxygen atoms in total. The van der Waals surface area contributed by atoms with Gasteiger partial charge >= 0.3 is 0 Å². The van der Waals surface area contributed by atoms with Crippen LogP contribution in [0.3, 0.4) is 0 Å². The van der Waals surface area contributed by atoms with Crippen molar-refractivity contribution in [2.75, 3.05) is 11.5 Å². The maximum atomic E-state index is 5.87. The van der Waals surface area contributed by atoms with Crippen molar-refractivity contribution in [1.82, 2.24) is 0 Å². The molecule has 28 heavy (non-hydrogen) atoms. The number of anilines is 2. The third-order valence-electron chi connectivity index (χ3n) is 4.40. The minimum atomic E-state index is 0.740. The summed E-state index contributed by atoms with van der Waals surface area (Å²) in [4.78, 5) is 0. The molecule has 0 heterocycles. The Labute approximate surface area is 168 Å². The standard InChI is InChI=1S/C26H28N2/c1-5-21(16-23-10-12-25(27)13-11-23)14-19(3)20(4)15-22(6-2)17-24-8-7-9-26(28)18-24/h5-15,18H,1-4,16-17,27-28H2/b21-14+,22-15+. The van der Waals surface area contributed by atoms with Crippen molar-refractivity contribution in [1.29, 1.82) is 0 Å². The molecule has 0 aliphatic carbocycles. The SMILES string of the molecule is C=C/C(=C\C(=C)C(=C)/C=C(\C=C)Cc1cccc(N)c1)Cc1ccc(N)cc1. The predicted octanol–water partition coefficient (Wildman–Crippen LogP) is 5.97. The van der Waals surface area contributed by atoms with E-state index >= 15 is 0 Å². The lowest BCUT2D eigenvalue weighted by atomic mass is 9.97. The molecule has 2 aromatic carbocycles. The van der Waals surface area contributed by atoms with Gasteiger partial charge in [0.2, 0.25) is 0 Å². The topological polar surface area (TPSA) is 52.0 Å². The lowest BCUT2D eigenvalue weighted by Crippen LogP contribution is -1.93. The number of nitrogens with two attached hydrogens (primary N) is 2. The summed E-state index contributed by atoms with van der Waals surface area (Å²) in [5, 5.41) is 0. The number of hydrogen-bond donors (Lipinski definition) is 2. The normalized spacial score (nSPS) is 11.7. The average molecular weight is 369 g/mol. The summed E-state index contributed by atoms with van der Waals surface area (Å²) < 4.78 is 0. The number of allylic oxidation sites excluding steroid dienone is 8. The summed E-state index contributed by atoms with van der Waals surface area (Å²) in [5.41, 5.74) is 19.2. The van der Waals surface area contributed by atoms with E-state index in [0.717, 1.165) is 52.1 Å². The van der Waals surface area contributed by atoms with Crippen LogP contribution < -0.4 is 11.5 Å². The second kappa shape index (κ2) is 9.98. The van der Waals surface area contributed by atoms with E-state index in [4.69, 9.17) is 11.5 Å².